The van der Waals surface area contributed by atoms with Crippen LogP contribution in [0.5, 0.6) is 0 Å². The minimum absolute atomic E-state index is 0.535. The van der Waals surface area contributed by atoms with Crippen molar-refractivity contribution in [3.63, 3.8) is 0 Å². The summed E-state index contributed by atoms with van der Waals surface area (Å²) in [6.07, 6.45) is 2.39. The van der Waals surface area contributed by atoms with E-state index >= 15 is 0 Å². The first-order valence-electron chi connectivity index (χ1n) is 2.85. The van der Waals surface area contributed by atoms with Crippen LogP contribution in [0.2, 0.25) is 0 Å². The fourth-order valence-electron chi connectivity index (χ4n) is 0.744. The molecule has 9 heavy (non-hydrogen) atoms. The molecule has 5 heteroatoms. The van der Waals surface area contributed by atoms with Gasteiger partial charge < -0.3 is 0 Å². The highest BCUT2D eigenvalue weighted by molar-refractivity contribution is 7.80. The van der Waals surface area contributed by atoms with Crippen molar-refractivity contribution in [3.05, 3.63) is 0 Å². The SMILES string of the molecule is Sc1nnnn1C1CC1. The minimum Gasteiger partial charge on any atom is -0.218 e. The van der Waals surface area contributed by atoms with Crippen LogP contribution >= 0.6 is 12.6 Å². The molecule has 1 aromatic rings. The molecule has 1 saturated carbocycles. The molecule has 1 fully saturated rings. The molecule has 1 aromatic heterocycles. The molecule has 0 bridgehead atoms. The first-order chi connectivity index (χ1) is 4.38. The van der Waals surface area contributed by atoms with Crippen molar-refractivity contribution in [1.82, 2.24) is 20.2 Å². The predicted molar refractivity (Wildman–Crippen MR) is 33.3 cm³/mol. The highest BCUT2D eigenvalue weighted by Crippen LogP contribution is 2.34. The van der Waals surface area contributed by atoms with Crippen molar-refractivity contribution >= 4 is 12.6 Å². The molecule has 0 aliphatic heterocycles. The second-order valence-electron chi connectivity index (χ2n) is 2.15. The highest BCUT2D eigenvalue weighted by atomic mass is 32.1. The van der Waals surface area contributed by atoms with Crippen molar-refractivity contribution in [2.45, 2.75) is 24.0 Å². The molecular weight excluding hydrogens is 136 g/mol. The summed E-state index contributed by atoms with van der Waals surface area (Å²) in [5.41, 5.74) is 0. The van der Waals surface area contributed by atoms with Gasteiger partial charge in [-0.05, 0) is 23.3 Å². The number of nitrogens with zero attached hydrogens (tertiary/aromatic N) is 4. The maximum atomic E-state index is 4.06. The third-order valence-electron chi connectivity index (χ3n) is 1.37. The van der Waals surface area contributed by atoms with Gasteiger partial charge in [0.1, 0.15) is 0 Å². The fourth-order valence-corrected chi connectivity index (χ4v) is 0.988. The lowest BCUT2D eigenvalue weighted by Crippen LogP contribution is -1.96. The van der Waals surface area contributed by atoms with Crippen LogP contribution in [-0.2, 0) is 0 Å². The lowest BCUT2D eigenvalue weighted by molar-refractivity contribution is 0.566. The van der Waals surface area contributed by atoms with E-state index in [0.717, 1.165) is 0 Å². The largest absolute Gasteiger partial charge is 0.218 e. The zero-order chi connectivity index (χ0) is 6.27. The Bertz CT molecular complexity index is 216. The Morgan fingerprint density at radius 2 is 2.33 bits per heavy atom. The van der Waals surface area contributed by atoms with E-state index in [1.165, 1.54) is 12.8 Å². The van der Waals surface area contributed by atoms with Crippen LogP contribution in [-0.4, -0.2) is 20.2 Å². The minimum atomic E-state index is 0.535. The lowest BCUT2D eigenvalue weighted by atomic mass is 10.7. The van der Waals surface area contributed by atoms with Gasteiger partial charge in [-0.15, -0.1) is 17.7 Å². The zero-order valence-corrected chi connectivity index (χ0v) is 5.62. The normalized spacial score (nSPS) is 18.3. The third kappa shape index (κ3) is 0.808. The van der Waals surface area contributed by atoms with Gasteiger partial charge in [0.15, 0.2) is 0 Å². The van der Waals surface area contributed by atoms with Gasteiger partial charge in [-0.1, -0.05) is 0 Å². The Kier molecular flexibility index (Phi) is 0.986. The van der Waals surface area contributed by atoms with E-state index < -0.39 is 0 Å². The Morgan fingerprint density at radius 3 is 2.78 bits per heavy atom. The standard InChI is InChI=1S/C4H6N4S/c9-4-5-6-7-8(4)3-1-2-3/h3H,1-2H2,(H,5,7,9). The van der Waals surface area contributed by atoms with Crippen LogP contribution in [0, 0.1) is 0 Å². The molecule has 0 N–H and O–H groups in total. The van der Waals surface area contributed by atoms with E-state index in [1.54, 1.807) is 4.68 Å². The molecule has 0 spiro atoms. The highest BCUT2D eigenvalue weighted by Gasteiger charge is 2.26. The van der Waals surface area contributed by atoms with Crippen LogP contribution in [0.4, 0.5) is 0 Å². The van der Waals surface area contributed by atoms with Crippen molar-refractivity contribution in [2.75, 3.05) is 0 Å². The number of thiol groups is 1. The topological polar surface area (TPSA) is 43.6 Å². The molecule has 1 aliphatic rings. The van der Waals surface area contributed by atoms with Gasteiger partial charge in [0.25, 0.3) is 0 Å². The maximum absolute atomic E-state index is 4.06. The molecular formula is C4H6N4S. The van der Waals surface area contributed by atoms with Gasteiger partial charge in [-0.2, -0.15) is 0 Å². The zero-order valence-electron chi connectivity index (χ0n) is 4.73. The van der Waals surface area contributed by atoms with Crippen LogP contribution in [0.25, 0.3) is 0 Å². The monoisotopic (exact) mass is 142 g/mol. The van der Waals surface area contributed by atoms with E-state index in [2.05, 4.69) is 28.2 Å². The first-order valence-corrected chi connectivity index (χ1v) is 3.29. The summed E-state index contributed by atoms with van der Waals surface area (Å²) >= 11 is 4.06. The number of rotatable bonds is 1. The number of aromatic nitrogens is 4. The average molecular weight is 142 g/mol. The Morgan fingerprint density at radius 1 is 1.56 bits per heavy atom. The summed E-state index contributed by atoms with van der Waals surface area (Å²) in [7, 11) is 0. The Labute approximate surface area is 57.7 Å². The third-order valence-corrected chi connectivity index (χ3v) is 1.66. The van der Waals surface area contributed by atoms with E-state index in [-0.39, 0.29) is 0 Å². The second kappa shape index (κ2) is 1.70. The molecule has 1 heterocycles. The quantitative estimate of drug-likeness (QED) is 0.573. The molecule has 1 aliphatic carbocycles. The molecule has 48 valence electrons. The van der Waals surface area contributed by atoms with Crippen LogP contribution in [0.1, 0.15) is 18.9 Å². The van der Waals surface area contributed by atoms with E-state index in [0.29, 0.717) is 11.2 Å². The molecule has 0 aromatic carbocycles. The molecule has 0 radical (unpaired) electrons. The van der Waals surface area contributed by atoms with Crippen LogP contribution < -0.4 is 0 Å². The molecule has 2 rings (SSSR count). The van der Waals surface area contributed by atoms with Gasteiger partial charge in [0, 0.05) is 0 Å². The summed E-state index contributed by atoms with van der Waals surface area (Å²) in [6.45, 7) is 0. The summed E-state index contributed by atoms with van der Waals surface area (Å²) in [4.78, 5) is 0. The number of hydrogen-bond acceptors (Lipinski definition) is 4. The number of tetrazole rings is 1. The van der Waals surface area contributed by atoms with Crippen LogP contribution in [0.15, 0.2) is 5.16 Å². The smallest absolute Gasteiger partial charge is 0.206 e. The first kappa shape index (κ1) is 5.22. The average Bonchev–Trinajstić information content (AvgIpc) is 2.58. The van der Waals surface area contributed by atoms with Gasteiger partial charge in [-0.25, -0.2) is 4.68 Å². The molecule has 0 atom stereocenters. The maximum Gasteiger partial charge on any atom is 0.206 e. The molecule has 0 saturated heterocycles. The number of hydrogen-bond donors (Lipinski definition) is 1. The Balaban J connectivity index is 2.35. The van der Waals surface area contributed by atoms with Crippen molar-refractivity contribution in [3.8, 4) is 0 Å². The summed E-state index contributed by atoms with van der Waals surface area (Å²) in [6, 6.07) is 0.535. The fraction of sp³-hybridized carbons (Fsp3) is 0.750. The van der Waals surface area contributed by atoms with Crippen molar-refractivity contribution < 1.29 is 0 Å². The van der Waals surface area contributed by atoms with Gasteiger partial charge >= 0.3 is 0 Å². The van der Waals surface area contributed by atoms with E-state index in [1.807, 2.05) is 0 Å². The van der Waals surface area contributed by atoms with Gasteiger partial charge in [0.2, 0.25) is 5.16 Å². The molecule has 0 unspecified atom stereocenters. The summed E-state index contributed by atoms with van der Waals surface area (Å²) < 4.78 is 1.75. The molecule has 4 nitrogen and oxygen atoms in total. The summed E-state index contributed by atoms with van der Waals surface area (Å²) in [5, 5.41) is 11.5. The van der Waals surface area contributed by atoms with Gasteiger partial charge in [-0.3, -0.25) is 0 Å². The van der Waals surface area contributed by atoms with Crippen molar-refractivity contribution in [2.24, 2.45) is 0 Å². The predicted octanol–water partition coefficient (Wildman–Crippen LogP) is 0.297. The second-order valence-corrected chi connectivity index (χ2v) is 2.55. The Hall–Kier alpha value is -0.580. The van der Waals surface area contributed by atoms with E-state index in [9.17, 15) is 0 Å². The van der Waals surface area contributed by atoms with E-state index in [4.69, 9.17) is 0 Å². The molecule has 0 amide bonds. The van der Waals surface area contributed by atoms with Crippen molar-refractivity contribution in [1.29, 1.82) is 0 Å². The lowest BCUT2D eigenvalue weighted by Gasteiger charge is -1.92. The van der Waals surface area contributed by atoms with Gasteiger partial charge in [0.05, 0.1) is 6.04 Å². The van der Waals surface area contributed by atoms with Crippen LogP contribution in [0.3, 0.4) is 0 Å². The summed E-state index contributed by atoms with van der Waals surface area (Å²) in [5.74, 6) is 0.